The molecule has 88 valence electrons. The molecule has 1 aliphatic rings. The lowest BCUT2D eigenvalue weighted by Gasteiger charge is -2.30. The lowest BCUT2D eigenvalue weighted by Crippen LogP contribution is -2.28. The number of benzene rings is 1. The zero-order chi connectivity index (χ0) is 11.7. The Bertz CT molecular complexity index is 521. The Morgan fingerprint density at radius 3 is 3.00 bits per heavy atom. The summed E-state index contributed by atoms with van der Waals surface area (Å²) in [5.74, 6) is 1.92. The quantitative estimate of drug-likeness (QED) is 0.868. The molecule has 1 aromatic carbocycles. The molecule has 0 saturated carbocycles. The number of aromatic nitrogens is 2. The van der Waals surface area contributed by atoms with Gasteiger partial charge in [0.25, 0.3) is 0 Å². The van der Waals surface area contributed by atoms with Crippen LogP contribution in [0.3, 0.4) is 0 Å². The van der Waals surface area contributed by atoms with Gasteiger partial charge in [0.05, 0.1) is 6.54 Å². The molecule has 3 rings (SSSR count). The summed E-state index contributed by atoms with van der Waals surface area (Å²) in [5, 5.41) is 11.1. The Morgan fingerprint density at radius 2 is 2.24 bits per heavy atom. The molecule has 1 atom stereocenters. The van der Waals surface area contributed by atoms with Gasteiger partial charge in [-0.1, -0.05) is 24.3 Å². The molecule has 4 nitrogen and oxygen atoms in total. The van der Waals surface area contributed by atoms with Crippen molar-refractivity contribution >= 4 is 0 Å². The van der Waals surface area contributed by atoms with Crippen molar-refractivity contribution in [3.63, 3.8) is 0 Å². The zero-order valence-electron chi connectivity index (χ0n) is 9.81. The number of aryl methyl sites for hydroxylation is 1. The van der Waals surface area contributed by atoms with Gasteiger partial charge >= 0.3 is 0 Å². The summed E-state index contributed by atoms with van der Waals surface area (Å²) < 4.78 is 5.30. The van der Waals surface area contributed by atoms with Crippen molar-refractivity contribution in [3.8, 4) is 0 Å². The van der Waals surface area contributed by atoms with Gasteiger partial charge in [-0.15, -0.1) is 10.2 Å². The molecule has 4 heteroatoms. The fourth-order valence-corrected chi connectivity index (χ4v) is 2.31. The molecule has 2 aromatic rings. The number of nitrogens with one attached hydrogen (secondary N) is 1. The van der Waals surface area contributed by atoms with Crippen molar-refractivity contribution < 1.29 is 4.42 Å². The smallest absolute Gasteiger partial charge is 0.230 e. The Kier molecular flexibility index (Phi) is 2.65. The van der Waals surface area contributed by atoms with Crippen molar-refractivity contribution in [2.75, 3.05) is 6.54 Å². The summed E-state index contributed by atoms with van der Waals surface area (Å²) in [7, 11) is 0. The van der Waals surface area contributed by atoms with E-state index >= 15 is 0 Å². The average Bonchev–Trinajstić information content (AvgIpc) is 2.71. The minimum Gasteiger partial charge on any atom is -0.424 e. The fraction of sp³-hybridized carbons (Fsp3) is 0.385. The molecule has 1 aliphatic carbocycles. The van der Waals surface area contributed by atoms with Crippen LogP contribution in [0.25, 0.3) is 0 Å². The third kappa shape index (κ3) is 2.08. The first-order chi connectivity index (χ1) is 8.33. The monoisotopic (exact) mass is 229 g/mol. The number of nitrogens with zero attached hydrogens (tertiary/aromatic N) is 2. The maximum atomic E-state index is 5.30. The van der Waals surface area contributed by atoms with Gasteiger partial charge in [-0.2, -0.15) is 0 Å². The lowest BCUT2D eigenvalue weighted by atomic mass is 9.78. The standard InChI is InChI=1S/C13H15N3O/c1-9-15-16-13(17-9)8-14-7-11-6-10-4-2-3-5-12(10)11/h2-5,11,14H,6-8H2,1H3. The molecule has 0 radical (unpaired) electrons. The van der Waals surface area contributed by atoms with Gasteiger partial charge in [0.2, 0.25) is 11.8 Å². The van der Waals surface area contributed by atoms with Gasteiger partial charge in [-0.25, -0.2) is 0 Å². The van der Waals surface area contributed by atoms with E-state index in [4.69, 9.17) is 4.42 Å². The van der Waals surface area contributed by atoms with E-state index in [1.54, 1.807) is 6.92 Å². The van der Waals surface area contributed by atoms with E-state index in [-0.39, 0.29) is 0 Å². The summed E-state index contributed by atoms with van der Waals surface area (Å²) in [5.41, 5.74) is 2.95. The Morgan fingerprint density at radius 1 is 1.35 bits per heavy atom. The summed E-state index contributed by atoms with van der Waals surface area (Å²) in [6.07, 6.45) is 1.17. The van der Waals surface area contributed by atoms with Crippen molar-refractivity contribution in [1.82, 2.24) is 15.5 Å². The van der Waals surface area contributed by atoms with Crippen LogP contribution in [0.15, 0.2) is 28.7 Å². The molecule has 1 N–H and O–H groups in total. The van der Waals surface area contributed by atoms with Gasteiger partial charge in [0, 0.05) is 19.4 Å². The molecule has 1 heterocycles. The van der Waals surface area contributed by atoms with Crippen LogP contribution in [0.1, 0.15) is 28.8 Å². The third-order valence-electron chi connectivity index (χ3n) is 3.20. The summed E-state index contributed by atoms with van der Waals surface area (Å²) in [4.78, 5) is 0. The molecule has 17 heavy (non-hydrogen) atoms. The van der Waals surface area contributed by atoms with Gasteiger partial charge < -0.3 is 9.73 Å². The van der Waals surface area contributed by atoms with Crippen molar-refractivity contribution in [3.05, 3.63) is 47.2 Å². The van der Waals surface area contributed by atoms with Gasteiger partial charge in [0.15, 0.2) is 0 Å². The summed E-state index contributed by atoms with van der Waals surface area (Å²) in [6, 6.07) is 8.62. The largest absolute Gasteiger partial charge is 0.424 e. The highest BCUT2D eigenvalue weighted by Gasteiger charge is 2.24. The molecule has 1 unspecified atom stereocenters. The van der Waals surface area contributed by atoms with E-state index < -0.39 is 0 Å². The number of fused-ring (bicyclic) bond motifs is 1. The predicted octanol–water partition coefficient (Wildman–Crippen LogP) is 1.81. The molecule has 0 amide bonds. The SMILES string of the molecule is Cc1nnc(CNCC2Cc3ccccc32)o1. The number of rotatable bonds is 4. The van der Waals surface area contributed by atoms with Crippen LogP contribution in [0.5, 0.6) is 0 Å². The zero-order valence-corrected chi connectivity index (χ0v) is 9.81. The summed E-state index contributed by atoms with van der Waals surface area (Å²) in [6.45, 7) is 3.43. The molecular formula is C13H15N3O. The van der Waals surface area contributed by atoms with E-state index in [1.807, 2.05) is 0 Å². The highest BCUT2D eigenvalue weighted by atomic mass is 16.4. The molecule has 0 saturated heterocycles. The lowest BCUT2D eigenvalue weighted by molar-refractivity contribution is 0.434. The van der Waals surface area contributed by atoms with E-state index in [2.05, 4.69) is 39.8 Å². The van der Waals surface area contributed by atoms with Crippen LogP contribution >= 0.6 is 0 Å². The number of hydrogen-bond acceptors (Lipinski definition) is 4. The van der Waals surface area contributed by atoms with Crippen LogP contribution < -0.4 is 5.32 Å². The highest BCUT2D eigenvalue weighted by molar-refractivity contribution is 5.40. The maximum Gasteiger partial charge on any atom is 0.230 e. The van der Waals surface area contributed by atoms with Gasteiger partial charge in [0.1, 0.15) is 0 Å². The molecular weight excluding hydrogens is 214 g/mol. The van der Waals surface area contributed by atoms with Gasteiger partial charge in [-0.05, 0) is 17.5 Å². The van der Waals surface area contributed by atoms with Crippen LogP contribution in [0, 0.1) is 6.92 Å². The first-order valence-electron chi connectivity index (χ1n) is 5.90. The maximum absolute atomic E-state index is 5.30. The van der Waals surface area contributed by atoms with Crippen LogP contribution in [-0.2, 0) is 13.0 Å². The minimum atomic E-state index is 0.621. The van der Waals surface area contributed by atoms with E-state index in [0.29, 0.717) is 24.2 Å². The molecule has 0 bridgehead atoms. The fourth-order valence-electron chi connectivity index (χ4n) is 2.31. The Hall–Kier alpha value is -1.68. The third-order valence-corrected chi connectivity index (χ3v) is 3.20. The van der Waals surface area contributed by atoms with E-state index in [0.717, 1.165) is 6.54 Å². The normalized spacial score (nSPS) is 17.6. The van der Waals surface area contributed by atoms with Gasteiger partial charge in [-0.3, -0.25) is 0 Å². The van der Waals surface area contributed by atoms with Crippen molar-refractivity contribution in [1.29, 1.82) is 0 Å². The molecule has 1 aromatic heterocycles. The molecule has 0 spiro atoms. The Labute approximate surface area is 100 Å². The highest BCUT2D eigenvalue weighted by Crippen LogP contribution is 2.33. The second-order valence-electron chi connectivity index (χ2n) is 4.45. The molecule has 0 aliphatic heterocycles. The topological polar surface area (TPSA) is 51.0 Å². The molecule has 0 fully saturated rings. The van der Waals surface area contributed by atoms with Crippen LogP contribution in [0.4, 0.5) is 0 Å². The minimum absolute atomic E-state index is 0.621. The summed E-state index contributed by atoms with van der Waals surface area (Å²) >= 11 is 0. The van der Waals surface area contributed by atoms with Crippen molar-refractivity contribution in [2.24, 2.45) is 0 Å². The van der Waals surface area contributed by atoms with E-state index in [1.165, 1.54) is 17.5 Å². The number of hydrogen-bond donors (Lipinski definition) is 1. The first-order valence-corrected chi connectivity index (χ1v) is 5.90. The van der Waals surface area contributed by atoms with Crippen molar-refractivity contribution in [2.45, 2.75) is 25.8 Å². The van der Waals surface area contributed by atoms with Crippen LogP contribution in [-0.4, -0.2) is 16.7 Å². The first kappa shape index (κ1) is 10.5. The Balaban J connectivity index is 1.51. The van der Waals surface area contributed by atoms with E-state index in [9.17, 15) is 0 Å². The average molecular weight is 229 g/mol. The second kappa shape index (κ2) is 4.30. The predicted molar refractivity (Wildman–Crippen MR) is 63.6 cm³/mol. The second-order valence-corrected chi connectivity index (χ2v) is 4.45. The van der Waals surface area contributed by atoms with Crippen LogP contribution in [0.2, 0.25) is 0 Å².